The molecule has 6 nitrogen and oxygen atoms in total. The molecule has 0 atom stereocenters. The van der Waals surface area contributed by atoms with E-state index in [1.54, 1.807) is 7.11 Å². The number of nitrogen functional groups attached to an aromatic ring is 1. The van der Waals surface area contributed by atoms with Crippen molar-refractivity contribution in [2.24, 2.45) is 0 Å². The first-order chi connectivity index (χ1) is 9.67. The molecule has 0 unspecified atom stereocenters. The van der Waals surface area contributed by atoms with Gasteiger partial charge in [0.2, 0.25) is 5.82 Å². The van der Waals surface area contributed by atoms with E-state index in [2.05, 4.69) is 15.1 Å². The summed E-state index contributed by atoms with van der Waals surface area (Å²) in [4.78, 5) is 9.32. The summed E-state index contributed by atoms with van der Waals surface area (Å²) >= 11 is 1.33. The summed E-state index contributed by atoms with van der Waals surface area (Å²) in [7, 11) is 1.62. The van der Waals surface area contributed by atoms with Gasteiger partial charge in [-0.15, -0.1) is 0 Å². The molecule has 0 aliphatic carbocycles. The minimum atomic E-state index is 0.425. The molecule has 0 aliphatic rings. The van der Waals surface area contributed by atoms with E-state index in [0.29, 0.717) is 16.8 Å². The monoisotopic (exact) mass is 288 g/mol. The lowest BCUT2D eigenvalue weighted by atomic mass is 10.2. The number of aromatic nitrogens is 3. The van der Waals surface area contributed by atoms with Crippen LogP contribution in [0.1, 0.15) is 5.69 Å². The van der Waals surface area contributed by atoms with Crippen LogP contribution in [0.25, 0.3) is 22.2 Å². The number of hydrogen-bond acceptors (Lipinski definition) is 7. The zero-order valence-corrected chi connectivity index (χ0v) is 11.8. The van der Waals surface area contributed by atoms with Crippen LogP contribution in [-0.4, -0.2) is 22.2 Å². The van der Waals surface area contributed by atoms with E-state index in [1.165, 1.54) is 11.3 Å². The number of benzene rings is 1. The van der Waals surface area contributed by atoms with Gasteiger partial charge in [0.1, 0.15) is 10.6 Å². The van der Waals surface area contributed by atoms with Crippen molar-refractivity contribution in [3.8, 4) is 27.9 Å². The van der Waals surface area contributed by atoms with Crippen LogP contribution in [0.3, 0.4) is 0 Å². The zero-order chi connectivity index (χ0) is 14.1. The number of hydrogen-bond donors (Lipinski definition) is 1. The second kappa shape index (κ2) is 4.93. The number of nitrogens with two attached hydrogens (primary N) is 1. The maximum absolute atomic E-state index is 5.67. The fraction of sp³-hybridized carbons (Fsp3) is 0.154. The summed E-state index contributed by atoms with van der Waals surface area (Å²) in [5.74, 6) is 1.67. The number of ether oxygens (including phenoxy) is 1. The Bertz CT molecular complexity index is 750. The average molecular weight is 288 g/mol. The lowest BCUT2D eigenvalue weighted by Gasteiger charge is -1.99. The molecule has 0 bridgehead atoms. The molecule has 7 heteroatoms. The Morgan fingerprint density at radius 2 is 2.15 bits per heavy atom. The third-order valence-corrected chi connectivity index (χ3v) is 3.74. The number of thiazole rings is 1. The van der Waals surface area contributed by atoms with E-state index in [9.17, 15) is 0 Å². The Labute approximate surface area is 119 Å². The molecule has 2 N–H and O–H groups in total. The van der Waals surface area contributed by atoms with Gasteiger partial charge in [0.25, 0.3) is 5.89 Å². The molecule has 1 aromatic carbocycles. The molecule has 0 aliphatic heterocycles. The summed E-state index contributed by atoms with van der Waals surface area (Å²) in [5.41, 5.74) is 7.29. The molecule has 20 heavy (non-hydrogen) atoms. The third-order valence-electron chi connectivity index (χ3n) is 2.76. The number of rotatable bonds is 3. The second-order valence-corrected chi connectivity index (χ2v) is 5.15. The standard InChI is InChI=1S/C13H12N4O2S/c1-7-10(20-13(14)15-7)12-16-11(17-19-12)8-4-3-5-9(6-8)18-2/h3-6H,1-2H3,(H2,14,15). The van der Waals surface area contributed by atoms with Crippen LogP contribution in [0.2, 0.25) is 0 Å². The van der Waals surface area contributed by atoms with Crippen molar-refractivity contribution in [1.29, 1.82) is 0 Å². The van der Waals surface area contributed by atoms with Crippen molar-refractivity contribution in [3.05, 3.63) is 30.0 Å². The maximum atomic E-state index is 5.67. The Morgan fingerprint density at radius 3 is 2.85 bits per heavy atom. The molecular formula is C13H12N4O2S. The highest BCUT2D eigenvalue weighted by molar-refractivity contribution is 7.18. The topological polar surface area (TPSA) is 87.1 Å². The smallest absolute Gasteiger partial charge is 0.270 e. The van der Waals surface area contributed by atoms with Crippen LogP contribution in [0.4, 0.5) is 5.13 Å². The van der Waals surface area contributed by atoms with Crippen LogP contribution in [-0.2, 0) is 0 Å². The third kappa shape index (κ3) is 2.23. The van der Waals surface area contributed by atoms with Gasteiger partial charge < -0.3 is 15.0 Å². The molecule has 2 aromatic heterocycles. The molecule has 0 radical (unpaired) electrons. The first-order valence-electron chi connectivity index (χ1n) is 5.89. The normalized spacial score (nSPS) is 10.7. The Kier molecular flexibility index (Phi) is 3.11. The highest BCUT2D eigenvalue weighted by atomic mass is 32.1. The SMILES string of the molecule is COc1cccc(-c2noc(-c3sc(N)nc3C)n2)c1. The molecule has 2 heterocycles. The minimum absolute atomic E-state index is 0.425. The number of nitrogens with zero attached hydrogens (tertiary/aromatic N) is 3. The van der Waals surface area contributed by atoms with Gasteiger partial charge in [-0.2, -0.15) is 4.98 Å². The molecule has 3 rings (SSSR count). The fourth-order valence-electron chi connectivity index (χ4n) is 1.81. The van der Waals surface area contributed by atoms with Gasteiger partial charge in [0, 0.05) is 5.56 Å². The summed E-state index contributed by atoms with van der Waals surface area (Å²) in [6.45, 7) is 1.86. The summed E-state index contributed by atoms with van der Waals surface area (Å²) in [5, 5.41) is 4.47. The highest BCUT2D eigenvalue weighted by Gasteiger charge is 2.16. The van der Waals surface area contributed by atoms with E-state index >= 15 is 0 Å². The second-order valence-electron chi connectivity index (χ2n) is 4.12. The van der Waals surface area contributed by atoms with Crippen molar-refractivity contribution in [2.45, 2.75) is 6.92 Å². The summed E-state index contributed by atoms with van der Waals surface area (Å²) in [6, 6.07) is 7.48. The van der Waals surface area contributed by atoms with Crippen molar-refractivity contribution < 1.29 is 9.26 Å². The van der Waals surface area contributed by atoms with E-state index in [0.717, 1.165) is 21.9 Å². The fourth-order valence-corrected chi connectivity index (χ4v) is 2.57. The van der Waals surface area contributed by atoms with Crippen LogP contribution < -0.4 is 10.5 Å². The maximum Gasteiger partial charge on any atom is 0.270 e. The van der Waals surface area contributed by atoms with E-state index in [1.807, 2.05) is 31.2 Å². The van der Waals surface area contributed by atoms with Gasteiger partial charge in [-0.3, -0.25) is 0 Å². The van der Waals surface area contributed by atoms with Crippen molar-refractivity contribution in [1.82, 2.24) is 15.1 Å². The molecule has 0 saturated carbocycles. The Morgan fingerprint density at radius 1 is 1.30 bits per heavy atom. The Hall–Kier alpha value is -2.41. The van der Waals surface area contributed by atoms with E-state index < -0.39 is 0 Å². The number of anilines is 1. The lowest BCUT2D eigenvalue weighted by molar-refractivity contribution is 0.414. The summed E-state index contributed by atoms with van der Waals surface area (Å²) in [6.07, 6.45) is 0. The van der Waals surface area contributed by atoms with Gasteiger partial charge in [-0.1, -0.05) is 28.6 Å². The van der Waals surface area contributed by atoms with Gasteiger partial charge in [0.05, 0.1) is 12.8 Å². The average Bonchev–Trinajstić information content (AvgIpc) is 3.05. The lowest BCUT2D eigenvalue weighted by Crippen LogP contribution is -1.85. The predicted octanol–water partition coefficient (Wildman–Crippen LogP) is 2.76. The Balaban J connectivity index is 1.99. The molecule has 3 aromatic rings. The zero-order valence-electron chi connectivity index (χ0n) is 11.0. The molecule has 0 amide bonds. The minimum Gasteiger partial charge on any atom is -0.497 e. The molecular weight excluding hydrogens is 276 g/mol. The van der Waals surface area contributed by atoms with Crippen molar-refractivity contribution >= 4 is 16.5 Å². The highest BCUT2D eigenvalue weighted by Crippen LogP contribution is 2.31. The van der Waals surface area contributed by atoms with E-state index in [4.69, 9.17) is 15.0 Å². The van der Waals surface area contributed by atoms with Gasteiger partial charge in [0.15, 0.2) is 5.13 Å². The number of aryl methyl sites for hydroxylation is 1. The van der Waals surface area contributed by atoms with Gasteiger partial charge >= 0.3 is 0 Å². The first-order valence-corrected chi connectivity index (χ1v) is 6.70. The first kappa shape index (κ1) is 12.6. The van der Waals surface area contributed by atoms with Gasteiger partial charge in [-0.25, -0.2) is 4.98 Å². The predicted molar refractivity (Wildman–Crippen MR) is 76.5 cm³/mol. The molecule has 0 saturated heterocycles. The molecule has 102 valence electrons. The molecule has 0 fully saturated rings. The largest absolute Gasteiger partial charge is 0.497 e. The van der Waals surface area contributed by atoms with E-state index in [-0.39, 0.29) is 0 Å². The van der Waals surface area contributed by atoms with Crippen molar-refractivity contribution in [2.75, 3.05) is 12.8 Å². The number of methoxy groups -OCH3 is 1. The van der Waals surface area contributed by atoms with Crippen LogP contribution in [0.15, 0.2) is 28.8 Å². The van der Waals surface area contributed by atoms with Crippen LogP contribution >= 0.6 is 11.3 Å². The van der Waals surface area contributed by atoms with Crippen LogP contribution in [0.5, 0.6) is 5.75 Å². The van der Waals surface area contributed by atoms with Crippen LogP contribution in [0, 0.1) is 6.92 Å². The van der Waals surface area contributed by atoms with Gasteiger partial charge in [-0.05, 0) is 19.1 Å². The van der Waals surface area contributed by atoms with Crippen molar-refractivity contribution in [3.63, 3.8) is 0 Å². The quantitative estimate of drug-likeness (QED) is 0.797. The molecule has 0 spiro atoms. The summed E-state index contributed by atoms with van der Waals surface area (Å²) < 4.78 is 10.5.